The minimum atomic E-state index is -3.51. The number of aromatic nitrogens is 1. The van der Waals surface area contributed by atoms with Crippen molar-refractivity contribution in [3.63, 3.8) is 0 Å². The molecule has 1 N–H and O–H groups in total. The average Bonchev–Trinajstić information content (AvgIpc) is 3.24. The molecule has 0 atom stereocenters. The predicted octanol–water partition coefficient (Wildman–Crippen LogP) is 2.57. The van der Waals surface area contributed by atoms with Crippen LogP contribution in [0.2, 0.25) is 0 Å². The van der Waals surface area contributed by atoms with E-state index in [1.807, 2.05) is 19.2 Å². The lowest BCUT2D eigenvalue weighted by molar-refractivity contribution is 0.0931. The van der Waals surface area contributed by atoms with Crippen LogP contribution in [0, 0.1) is 0 Å². The van der Waals surface area contributed by atoms with Gasteiger partial charge in [-0.2, -0.15) is 4.31 Å². The van der Waals surface area contributed by atoms with Gasteiger partial charge >= 0.3 is 0 Å². The Morgan fingerprint density at radius 3 is 2.39 bits per heavy atom. The molecule has 1 fully saturated rings. The smallest absolute Gasteiger partial charge is 0.251 e. The maximum atomic E-state index is 12.5. The molecule has 9 heteroatoms. The molecule has 1 amide bonds. The largest absolute Gasteiger partial charge is 0.349 e. The van der Waals surface area contributed by atoms with Gasteiger partial charge in [-0.05, 0) is 37.1 Å². The monoisotopic (exact) mass is 422 g/mol. The van der Waals surface area contributed by atoms with Gasteiger partial charge in [-0.1, -0.05) is 13.8 Å². The van der Waals surface area contributed by atoms with E-state index in [2.05, 4.69) is 15.2 Å². The molecule has 1 aliphatic heterocycles. The van der Waals surface area contributed by atoms with E-state index in [-0.39, 0.29) is 16.8 Å². The number of nitrogens with zero attached hydrogens (tertiary/aromatic N) is 3. The highest BCUT2D eigenvalue weighted by Crippen LogP contribution is 2.22. The van der Waals surface area contributed by atoms with E-state index in [1.165, 1.54) is 16.4 Å². The van der Waals surface area contributed by atoms with Gasteiger partial charge < -0.3 is 10.2 Å². The lowest BCUT2D eigenvalue weighted by Crippen LogP contribution is -2.44. The van der Waals surface area contributed by atoms with Crippen LogP contribution < -0.4 is 10.2 Å². The van der Waals surface area contributed by atoms with Crippen molar-refractivity contribution >= 4 is 32.4 Å². The fraction of sp³-hybridized carbons (Fsp3) is 0.474. The molecule has 3 rings (SSSR count). The van der Waals surface area contributed by atoms with Crippen LogP contribution in [-0.2, 0) is 10.0 Å². The number of benzene rings is 1. The van der Waals surface area contributed by atoms with Gasteiger partial charge in [0, 0.05) is 49.4 Å². The number of rotatable bonds is 7. The number of sulfonamides is 1. The third-order valence-corrected chi connectivity index (χ3v) is 7.88. The molecule has 0 saturated carbocycles. The first-order valence-electron chi connectivity index (χ1n) is 9.51. The lowest BCUT2D eigenvalue weighted by Gasteiger charge is -2.32. The Morgan fingerprint density at radius 1 is 1.21 bits per heavy atom. The van der Waals surface area contributed by atoms with E-state index in [1.54, 1.807) is 29.7 Å². The fourth-order valence-corrected chi connectivity index (χ4v) is 5.50. The summed E-state index contributed by atoms with van der Waals surface area (Å²) < 4.78 is 26.5. The van der Waals surface area contributed by atoms with Crippen LogP contribution in [0.25, 0.3) is 0 Å². The molecule has 2 heterocycles. The van der Waals surface area contributed by atoms with Gasteiger partial charge in [0.2, 0.25) is 10.0 Å². The van der Waals surface area contributed by atoms with Crippen molar-refractivity contribution in [1.29, 1.82) is 0 Å². The van der Waals surface area contributed by atoms with E-state index in [0.29, 0.717) is 18.7 Å². The van der Waals surface area contributed by atoms with Crippen LogP contribution in [0.5, 0.6) is 0 Å². The number of amides is 1. The number of anilines is 1. The average molecular weight is 423 g/mol. The summed E-state index contributed by atoms with van der Waals surface area (Å²) in [5, 5.41) is 6.05. The molecular formula is C19H26N4O3S2. The summed E-state index contributed by atoms with van der Waals surface area (Å²) in [6.45, 7) is 6.17. The van der Waals surface area contributed by atoms with E-state index in [9.17, 15) is 13.2 Å². The second-order valence-electron chi connectivity index (χ2n) is 6.66. The zero-order chi connectivity index (χ0) is 20.1. The Hall–Kier alpha value is -1.97. The standard InChI is InChI=1S/C19H26N4O3S2/c1-3-23(4-2)28(25,26)17-7-5-15(6-8-17)18(24)21-16-9-12-22(13-10-16)19-20-11-14-27-19/h5-8,11,14,16H,3-4,9-10,12-13H2,1-2H3,(H,21,24). The van der Waals surface area contributed by atoms with Crippen molar-refractivity contribution in [2.75, 3.05) is 31.1 Å². The molecule has 1 aromatic carbocycles. The second kappa shape index (κ2) is 9.02. The summed E-state index contributed by atoms with van der Waals surface area (Å²) in [6, 6.07) is 6.29. The first-order valence-corrected chi connectivity index (χ1v) is 11.8. The normalized spacial score (nSPS) is 15.8. The van der Waals surface area contributed by atoms with Crippen LogP contribution in [0.15, 0.2) is 40.7 Å². The summed E-state index contributed by atoms with van der Waals surface area (Å²) in [6.07, 6.45) is 3.53. The highest BCUT2D eigenvalue weighted by molar-refractivity contribution is 7.89. The molecule has 0 unspecified atom stereocenters. The summed E-state index contributed by atoms with van der Waals surface area (Å²) in [4.78, 5) is 19.3. The van der Waals surface area contributed by atoms with E-state index in [4.69, 9.17) is 0 Å². The van der Waals surface area contributed by atoms with Crippen molar-refractivity contribution in [3.8, 4) is 0 Å². The quantitative estimate of drug-likeness (QED) is 0.742. The predicted molar refractivity (Wildman–Crippen MR) is 111 cm³/mol. The number of carbonyl (C=O) groups is 1. The molecule has 0 bridgehead atoms. The maximum absolute atomic E-state index is 12.5. The van der Waals surface area contributed by atoms with Gasteiger partial charge in [-0.3, -0.25) is 4.79 Å². The van der Waals surface area contributed by atoms with Crippen molar-refractivity contribution in [2.45, 2.75) is 37.6 Å². The van der Waals surface area contributed by atoms with Gasteiger partial charge in [0.05, 0.1) is 4.90 Å². The third kappa shape index (κ3) is 4.53. The number of hydrogen-bond acceptors (Lipinski definition) is 6. The second-order valence-corrected chi connectivity index (χ2v) is 9.47. The highest BCUT2D eigenvalue weighted by atomic mass is 32.2. The van der Waals surface area contributed by atoms with Crippen molar-refractivity contribution in [2.24, 2.45) is 0 Å². The Kier molecular flexibility index (Phi) is 6.69. The molecule has 1 aromatic heterocycles. The summed E-state index contributed by atoms with van der Waals surface area (Å²) in [5.74, 6) is -0.167. The van der Waals surface area contributed by atoms with Crippen LogP contribution in [0.1, 0.15) is 37.0 Å². The number of carbonyl (C=O) groups excluding carboxylic acids is 1. The Bertz CT molecular complexity index is 870. The molecular weight excluding hydrogens is 396 g/mol. The number of hydrogen-bond donors (Lipinski definition) is 1. The SMILES string of the molecule is CCN(CC)S(=O)(=O)c1ccc(C(=O)NC2CCN(c3nccs3)CC2)cc1. The fourth-order valence-electron chi connectivity index (χ4n) is 3.35. The van der Waals surface area contributed by atoms with Gasteiger partial charge in [0.15, 0.2) is 5.13 Å². The highest BCUT2D eigenvalue weighted by Gasteiger charge is 2.24. The van der Waals surface area contributed by atoms with Gasteiger partial charge in [-0.25, -0.2) is 13.4 Å². The van der Waals surface area contributed by atoms with Crippen molar-refractivity contribution in [1.82, 2.24) is 14.6 Å². The van der Waals surface area contributed by atoms with Crippen LogP contribution in [0.4, 0.5) is 5.13 Å². The Labute approximate surface area is 170 Å². The topological polar surface area (TPSA) is 82.6 Å². The van der Waals surface area contributed by atoms with Gasteiger partial charge in [0.1, 0.15) is 0 Å². The van der Waals surface area contributed by atoms with Crippen LogP contribution in [-0.4, -0.2) is 55.8 Å². The van der Waals surface area contributed by atoms with E-state index < -0.39 is 10.0 Å². The Morgan fingerprint density at radius 2 is 1.86 bits per heavy atom. The van der Waals surface area contributed by atoms with Crippen molar-refractivity contribution in [3.05, 3.63) is 41.4 Å². The Balaban J connectivity index is 1.58. The van der Waals surface area contributed by atoms with Gasteiger partial charge in [0.25, 0.3) is 5.91 Å². The van der Waals surface area contributed by atoms with Crippen LogP contribution in [0.3, 0.4) is 0 Å². The molecule has 7 nitrogen and oxygen atoms in total. The number of thiazole rings is 1. The molecule has 0 spiro atoms. The summed E-state index contributed by atoms with van der Waals surface area (Å²) in [7, 11) is -3.51. The van der Waals surface area contributed by atoms with Crippen LogP contribution >= 0.6 is 11.3 Å². The summed E-state index contributed by atoms with van der Waals surface area (Å²) in [5.41, 5.74) is 0.473. The number of piperidine rings is 1. The molecule has 0 radical (unpaired) electrons. The van der Waals surface area contributed by atoms with E-state index in [0.717, 1.165) is 31.1 Å². The molecule has 1 saturated heterocycles. The minimum Gasteiger partial charge on any atom is -0.349 e. The number of nitrogens with one attached hydrogen (secondary N) is 1. The molecule has 1 aliphatic rings. The lowest BCUT2D eigenvalue weighted by atomic mass is 10.0. The van der Waals surface area contributed by atoms with Crippen molar-refractivity contribution < 1.29 is 13.2 Å². The molecule has 0 aliphatic carbocycles. The van der Waals surface area contributed by atoms with E-state index >= 15 is 0 Å². The molecule has 28 heavy (non-hydrogen) atoms. The molecule has 152 valence electrons. The molecule has 2 aromatic rings. The third-order valence-electron chi connectivity index (χ3n) is 4.98. The zero-order valence-corrected chi connectivity index (χ0v) is 17.8. The van der Waals surface area contributed by atoms with Gasteiger partial charge in [-0.15, -0.1) is 11.3 Å². The first-order chi connectivity index (χ1) is 13.5. The summed E-state index contributed by atoms with van der Waals surface area (Å²) >= 11 is 1.62. The zero-order valence-electron chi connectivity index (χ0n) is 16.2. The first kappa shape index (κ1) is 20.8. The minimum absolute atomic E-state index is 0.114. The maximum Gasteiger partial charge on any atom is 0.251 e.